The molecule has 0 atom stereocenters. The van der Waals surface area contributed by atoms with Crippen LogP contribution in [-0.4, -0.2) is 9.97 Å². The molecule has 0 spiro atoms. The van der Waals surface area contributed by atoms with Gasteiger partial charge in [0.1, 0.15) is 5.15 Å². The first-order chi connectivity index (χ1) is 4.20. The summed E-state index contributed by atoms with van der Waals surface area (Å²) in [6, 6.07) is 0. The van der Waals surface area contributed by atoms with Crippen molar-refractivity contribution in [2.45, 2.75) is 5.16 Å². The van der Waals surface area contributed by atoms with Crippen molar-refractivity contribution in [3.05, 3.63) is 15.8 Å². The summed E-state index contributed by atoms with van der Waals surface area (Å²) in [6.45, 7) is 0. The second kappa shape index (κ2) is 2.86. The molecule has 5 heteroatoms. The van der Waals surface area contributed by atoms with Gasteiger partial charge in [-0.2, -0.15) is 0 Å². The maximum absolute atomic E-state index is 5.57. The molecule has 2 nitrogen and oxygen atoms in total. The predicted molar refractivity (Wildman–Crippen MR) is 42.0 cm³/mol. The van der Waals surface area contributed by atoms with Crippen LogP contribution in [0.5, 0.6) is 0 Å². The van der Waals surface area contributed by atoms with Gasteiger partial charge in [0.15, 0.2) is 5.16 Å². The molecule has 48 valence electrons. The van der Waals surface area contributed by atoms with Crippen LogP contribution in [-0.2, 0) is 0 Å². The van der Waals surface area contributed by atoms with Gasteiger partial charge < -0.3 is 0 Å². The summed E-state index contributed by atoms with van der Waals surface area (Å²) < 4.78 is 0.682. The number of hydrogen-bond acceptors (Lipinski definition) is 3. The molecule has 0 aliphatic heterocycles. The Labute approximate surface area is 71.2 Å². The largest absolute Gasteiger partial charge is 0.230 e. The Bertz CT molecular complexity index is 230. The lowest BCUT2D eigenvalue weighted by atomic mass is 10.7. The van der Waals surface area contributed by atoms with Gasteiger partial charge in [-0.25, -0.2) is 9.97 Å². The molecule has 1 rings (SSSR count). The molecule has 0 aliphatic carbocycles. The number of rotatable bonds is 0. The van der Waals surface area contributed by atoms with Gasteiger partial charge >= 0.3 is 0 Å². The van der Waals surface area contributed by atoms with Crippen molar-refractivity contribution < 1.29 is 0 Å². The molecule has 0 radical (unpaired) electrons. The van der Waals surface area contributed by atoms with Crippen LogP contribution in [0.25, 0.3) is 0 Å². The Balaban J connectivity index is 3.17. The summed E-state index contributed by atoms with van der Waals surface area (Å²) in [6.07, 6.45) is 1.55. The van der Waals surface area contributed by atoms with E-state index in [4.69, 9.17) is 11.6 Å². The normalized spacial score (nSPS) is 9.67. The predicted octanol–water partition coefficient (Wildman–Crippen LogP) is 2.18. The van der Waals surface area contributed by atoms with Crippen molar-refractivity contribution in [2.75, 3.05) is 0 Å². The topological polar surface area (TPSA) is 25.8 Å². The molecule has 9 heavy (non-hydrogen) atoms. The molecule has 0 aromatic carbocycles. The van der Waals surface area contributed by atoms with Crippen molar-refractivity contribution in [3.8, 4) is 0 Å². The van der Waals surface area contributed by atoms with E-state index in [2.05, 4.69) is 38.5 Å². The molecule has 0 amide bonds. The minimum absolute atomic E-state index is 0.378. The summed E-state index contributed by atoms with van der Waals surface area (Å²) in [5.74, 6) is 0. The van der Waals surface area contributed by atoms with Gasteiger partial charge in [-0.05, 0) is 15.9 Å². The molecule has 0 N–H and O–H groups in total. The van der Waals surface area contributed by atoms with Gasteiger partial charge in [-0.3, -0.25) is 0 Å². The number of thiol groups is 1. The maximum Gasteiger partial charge on any atom is 0.185 e. The second-order valence-electron chi connectivity index (χ2n) is 1.31. The summed E-state index contributed by atoms with van der Waals surface area (Å²) >= 11 is 12.6. The zero-order valence-electron chi connectivity index (χ0n) is 4.17. The van der Waals surface area contributed by atoms with Crippen molar-refractivity contribution >= 4 is 40.2 Å². The molecule has 1 heterocycles. The average molecular weight is 225 g/mol. The Morgan fingerprint density at radius 1 is 1.67 bits per heavy atom. The summed E-state index contributed by atoms with van der Waals surface area (Å²) in [7, 11) is 0. The van der Waals surface area contributed by atoms with E-state index in [9.17, 15) is 0 Å². The highest BCUT2D eigenvalue weighted by atomic mass is 79.9. The van der Waals surface area contributed by atoms with Crippen LogP contribution in [0.1, 0.15) is 0 Å². The Morgan fingerprint density at radius 3 is 2.78 bits per heavy atom. The monoisotopic (exact) mass is 224 g/mol. The zero-order valence-corrected chi connectivity index (χ0v) is 7.41. The minimum Gasteiger partial charge on any atom is -0.230 e. The molecule has 1 aromatic rings. The standard InChI is InChI=1S/C4H2BrClN2S/c5-2-1-7-4(9)8-3(2)6/h1H,(H,7,8,9). The van der Waals surface area contributed by atoms with Crippen LogP contribution in [0.3, 0.4) is 0 Å². The van der Waals surface area contributed by atoms with Crippen LogP contribution in [0, 0.1) is 0 Å². The van der Waals surface area contributed by atoms with Crippen LogP contribution in [0.4, 0.5) is 0 Å². The lowest BCUT2D eigenvalue weighted by Gasteiger charge is -1.92. The molecule has 0 saturated carbocycles. The van der Waals surface area contributed by atoms with E-state index in [1.807, 2.05) is 0 Å². The van der Waals surface area contributed by atoms with Crippen LogP contribution >= 0.6 is 40.2 Å². The van der Waals surface area contributed by atoms with Crippen molar-refractivity contribution in [1.82, 2.24) is 9.97 Å². The van der Waals surface area contributed by atoms with E-state index in [-0.39, 0.29) is 0 Å². The van der Waals surface area contributed by atoms with Crippen molar-refractivity contribution in [2.24, 2.45) is 0 Å². The first-order valence-corrected chi connectivity index (χ1v) is 3.69. The van der Waals surface area contributed by atoms with Crippen molar-refractivity contribution in [1.29, 1.82) is 0 Å². The van der Waals surface area contributed by atoms with Gasteiger partial charge in [0.2, 0.25) is 0 Å². The quantitative estimate of drug-likeness (QED) is 0.416. The first kappa shape index (κ1) is 7.31. The lowest BCUT2D eigenvalue weighted by Crippen LogP contribution is -1.82. The van der Waals surface area contributed by atoms with Crippen LogP contribution < -0.4 is 0 Å². The van der Waals surface area contributed by atoms with Crippen molar-refractivity contribution in [3.63, 3.8) is 0 Å². The van der Waals surface area contributed by atoms with E-state index >= 15 is 0 Å². The number of halogens is 2. The van der Waals surface area contributed by atoms with Gasteiger partial charge in [0.05, 0.1) is 4.47 Å². The fraction of sp³-hybridized carbons (Fsp3) is 0. The van der Waals surface area contributed by atoms with E-state index in [0.717, 1.165) is 0 Å². The lowest BCUT2D eigenvalue weighted by molar-refractivity contribution is 0.966. The van der Waals surface area contributed by atoms with Gasteiger partial charge in [0.25, 0.3) is 0 Å². The number of aromatic nitrogens is 2. The molecular weight excluding hydrogens is 223 g/mol. The van der Waals surface area contributed by atoms with Crippen LogP contribution in [0.2, 0.25) is 5.15 Å². The van der Waals surface area contributed by atoms with E-state index in [1.165, 1.54) is 0 Å². The zero-order chi connectivity index (χ0) is 6.85. The third-order valence-electron chi connectivity index (χ3n) is 0.689. The molecule has 0 saturated heterocycles. The molecule has 0 aliphatic rings. The first-order valence-electron chi connectivity index (χ1n) is 2.07. The average Bonchev–Trinajstić information content (AvgIpc) is 1.80. The van der Waals surface area contributed by atoms with E-state index < -0.39 is 0 Å². The van der Waals surface area contributed by atoms with Gasteiger partial charge in [0, 0.05) is 6.20 Å². The maximum atomic E-state index is 5.57. The SMILES string of the molecule is Sc1ncc(Br)c(Cl)n1. The van der Waals surface area contributed by atoms with Gasteiger partial charge in [-0.15, -0.1) is 12.6 Å². The van der Waals surface area contributed by atoms with E-state index in [0.29, 0.717) is 14.8 Å². The Hall–Kier alpha value is 0.200. The third kappa shape index (κ3) is 1.81. The fourth-order valence-electron chi connectivity index (χ4n) is 0.338. The molecule has 0 unspecified atom stereocenters. The molecule has 1 aromatic heterocycles. The third-order valence-corrected chi connectivity index (χ3v) is 2.00. The molecule has 0 bridgehead atoms. The highest BCUT2D eigenvalue weighted by molar-refractivity contribution is 9.10. The minimum atomic E-state index is 0.378. The Kier molecular flexibility index (Phi) is 2.32. The van der Waals surface area contributed by atoms with Gasteiger partial charge in [-0.1, -0.05) is 11.6 Å². The second-order valence-corrected chi connectivity index (χ2v) is 2.92. The summed E-state index contributed by atoms with van der Waals surface area (Å²) in [5.41, 5.74) is 0. The molecule has 0 fully saturated rings. The molecular formula is C4H2BrClN2S. The van der Waals surface area contributed by atoms with E-state index in [1.54, 1.807) is 6.20 Å². The summed E-state index contributed by atoms with van der Waals surface area (Å²) in [4.78, 5) is 7.51. The number of hydrogen-bond donors (Lipinski definition) is 1. The summed E-state index contributed by atoms with van der Waals surface area (Å²) in [5, 5.41) is 0.762. The Morgan fingerprint density at radius 2 is 2.33 bits per heavy atom. The fourth-order valence-corrected chi connectivity index (χ4v) is 0.874. The highest BCUT2D eigenvalue weighted by Crippen LogP contribution is 2.18. The number of nitrogens with zero attached hydrogens (tertiary/aromatic N) is 2. The smallest absolute Gasteiger partial charge is 0.185 e. The van der Waals surface area contributed by atoms with Crippen LogP contribution in [0.15, 0.2) is 15.8 Å². The highest BCUT2D eigenvalue weighted by Gasteiger charge is 1.96.